The summed E-state index contributed by atoms with van der Waals surface area (Å²) in [6.45, 7) is 3.51. The summed E-state index contributed by atoms with van der Waals surface area (Å²) in [5.74, 6) is -0.574. The van der Waals surface area contributed by atoms with Crippen molar-refractivity contribution >= 4 is 23.2 Å². The van der Waals surface area contributed by atoms with E-state index in [0.29, 0.717) is 25.1 Å². The fourth-order valence-electron chi connectivity index (χ4n) is 2.86. The van der Waals surface area contributed by atoms with E-state index in [1.165, 1.54) is 0 Å². The first-order valence-corrected chi connectivity index (χ1v) is 8.08. The molecule has 0 aliphatic rings. The van der Waals surface area contributed by atoms with Crippen LogP contribution in [0.25, 0.3) is 0 Å². The molecule has 2 heterocycles. The molecule has 0 saturated carbocycles. The summed E-state index contributed by atoms with van der Waals surface area (Å²) in [7, 11) is 1.75. The Labute approximate surface area is 148 Å². The molecule has 0 amide bonds. The van der Waals surface area contributed by atoms with Gasteiger partial charge in [-0.2, -0.15) is 18.3 Å². The average Bonchev–Trinajstić information content (AvgIpc) is 2.70. The van der Waals surface area contributed by atoms with E-state index in [1.54, 1.807) is 18.7 Å². The highest BCUT2D eigenvalue weighted by molar-refractivity contribution is 6.28. The smallest absolute Gasteiger partial charge is 0.384 e. The van der Waals surface area contributed by atoms with E-state index in [4.69, 9.17) is 23.1 Å². The molecule has 6 nitrogen and oxygen atoms in total. The Morgan fingerprint density at radius 2 is 1.88 bits per heavy atom. The van der Waals surface area contributed by atoms with Crippen LogP contribution in [-0.2, 0) is 19.6 Å². The molecule has 2 aromatic rings. The van der Waals surface area contributed by atoms with Gasteiger partial charge >= 0.3 is 6.18 Å². The molecule has 1 unspecified atom stereocenters. The lowest BCUT2D eigenvalue weighted by atomic mass is 9.95. The van der Waals surface area contributed by atoms with Crippen molar-refractivity contribution in [3.63, 3.8) is 0 Å². The number of nitrogens with zero attached hydrogens (tertiary/aromatic N) is 4. The van der Waals surface area contributed by atoms with Crippen LogP contribution in [0, 0.1) is 6.92 Å². The van der Waals surface area contributed by atoms with E-state index >= 15 is 0 Å². The molecule has 2 aromatic heterocycles. The van der Waals surface area contributed by atoms with Crippen molar-refractivity contribution in [3.8, 4) is 0 Å². The molecule has 0 radical (unpaired) electrons. The highest BCUT2D eigenvalue weighted by atomic mass is 35.5. The third kappa shape index (κ3) is 4.15. The van der Waals surface area contributed by atoms with Gasteiger partial charge in [-0.1, -0.05) is 6.92 Å². The summed E-state index contributed by atoms with van der Waals surface area (Å²) < 4.78 is 41.4. The van der Waals surface area contributed by atoms with Crippen LogP contribution in [-0.4, -0.2) is 19.7 Å². The Morgan fingerprint density at radius 1 is 1.24 bits per heavy atom. The van der Waals surface area contributed by atoms with Crippen LogP contribution < -0.4 is 11.5 Å². The van der Waals surface area contributed by atoms with Gasteiger partial charge < -0.3 is 11.5 Å². The van der Waals surface area contributed by atoms with Gasteiger partial charge in [-0.15, -0.1) is 0 Å². The van der Waals surface area contributed by atoms with E-state index in [2.05, 4.69) is 15.1 Å². The molecular formula is C15H20ClF3N6. The summed E-state index contributed by atoms with van der Waals surface area (Å²) in [4.78, 5) is 7.20. The minimum atomic E-state index is -4.64. The minimum Gasteiger partial charge on any atom is -0.384 e. The average molecular weight is 377 g/mol. The van der Waals surface area contributed by atoms with Crippen LogP contribution in [0.2, 0.25) is 5.28 Å². The number of alkyl halides is 3. The lowest BCUT2D eigenvalue weighted by Crippen LogP contribution is -2.17. The van der Waals surface area contributed by atoms with Crippen molar-refractivity contribution in [2.45, 2.75) is 45.2 Å². The molecule has 0 aromatic carbocycles. The van der Waals surface area contributed by atoms with E-state index in [0.717, 1.165) is 11.3 Å². The number of hydrogen-bond acceptors (Lipinski definition) is 5. The number of rotatable bonds is 5. The summed E-state index contributed by atoms with van der Waals surface area (Å²) in [6, 6.07) is 0. The lowest BCUT2D eigenvalue weighted by Gasteiger charge is -2.18. The minimum absolute atomic E-state index is 0.180. The number of aryl methyl sites for hydroxylation is 2. The molecule has 0 fully saturated rings. The fourth-order valence-corrected chi connectivity index (χ4v) is 3.05. The fraction of sp³-hybridized carbons (Fsp3) is 0.533. The maximum absolute atomic E-state index is 13.3. The highest BCUT2D eigenvalue weighted by Crippen LogP contribution is 2.39. The summed E-state index contributed by atoms with van der Waals surface area (Å²) in [6.07, 6.45) is -2.94. The number of nitrogens with two attached hydrogens (primary N) is 2. The second-order valence-electron chi connectivity index (χ2n) is 6.00. The number of nitrogen functional groups attached to an aromatic ring is 2. The molecule has 0 aliphatic heterocycles. The maximum atomic E-state index is 13.3. The zero-order valence-electron chi connectivity index (χ0n) is 14.2. The monoisotopic (exact) mass is 376 g/mol. The molecule has 10 heteroatoms. The second-order valence-corrected chi connectivity index (χ2v) is 6.34. The van der Waals surface area contributed by atoms with Crippen molar-refractivity contribution in [3.05, 3.63) is 27.8 Å². The van der Waals surface area contributed by atoms with Crippen LogP contribution in [0.15, 0.2) is 0 Å². The molecule has 0 spiro atoms. The molecule has 2 rings (SSSR count). The first-order valence-electron chi connectivity index (χ1n) is 7.70. The molecule has 25 heavy (non-hydrogen) atoms. The second kappa shape index (κ2) is 7.07. The Hall–Kier alpha value is -2.03. The van der Waals surface area contributed by atoms with Crippen molar-refractivity contribution in [1.29, 1.82) is 0 Å². The topological polar surface area (TPSA) is 95.6 Å². The van der Waals surface area contributed by atoms with E-state index in [9.17, 15) is 13.2 Å². The Kier molecular flexibility index (Phi) is 5.46. The molecule has 0 bridgehead atoms. The van der Waals surface area contributed by atoms with Gasteiger partial charge in [-0.25, -0.2) is 9.97 Å². The van der Waals surface area contributed by atoms with Crippen LogP contribution in [0.1, 0.15) is 48.2 Å². The van der Waals surface area contributed by atoms with Gasteiger partial charge in [0.2, 0.25) is 5.28 Å². The normalized spacial score (nSPS) is 13.2. The predicted molar refractivity (Wildman–Crippen MR) is 90.2 cm³/mol. The molecule has 0 aliphatic carbocycles. The van der Waals surface area contributed by atoms with Crippen molar-refractivity contribution in [1.82, 2.24) is 19.7 Å². The molecule has 4 N–H and O–H groups in total. The number of anilines is 2. The molecule has 138 valence electrons. The summed E-state index contributed by atoms with van der Waals surface area (Å²) >= 11 is 5.69. The third-order valence-corrected chi connectivity index (χ3v) is 4.32. The third-order valence-electron chi connectivity index (χ3n) is 4.15. The summed E-state index contributed by atoms with van der Waals surface area (Å²) in [5.41, 5.74) is 11.9. The van der Waals surface area contributed by atoms with Crippen LogP contribution >= 0.6 is 11.6 Å². The van der Waals surface area contributed by atoms with E-state index < -0.39 is 23.5 Å². The van der Waals surface area contributed by atoms with Gasteiger partial charge in [0.25, 0.3) is 0 Å². The quantitative estimate of drug-likeness (QED) is 0.779. The van der Waals surface area contributed by atoms with Gasteiger partial charge in [-0.05, 0) is 43.7 Å². The number of halogens is 4. The SMILES string of the molecule is Cc1nn(C)c(N)c1CCCC(C)c1nc(Cl)nc(N)c1C(F)(F)F. The van der Waals surface area contributed by atoms with Gasteiger partial charge in [0.1, 0.15) is 17.2 Å². The van der Waals surface area contributed by atoms with Crippen LogP contribution in [0.4, 0.5) is 24.8 Å². The van der Waals surface area contributed by atoms with Crippen LogP contribution in [0.3, 0.4) is 0 Å². The molecular weight excluding hydrogens is 357 g/mol. The van der Waals surface area contributed by atoms with Crippen molar-refractivity contribution in [2.24, 2.45) is 7.05 Å². The van der Waals surface area contributed by atoms with Gasteiger partial charge in [-0.3, -0.25) is 4.68 Å². The molecule has 1 atom stereocenters. The zero-order chi connectivity index (χ0) is 18.9. The lowest BCUT2D eigenvalue weighted by molar-refractivity contribution is -0.138. The molecule has 0 saturated heterocycles. The van der Waals surface area contributed by atoms with Gasteiger partial charge in [0.05, 0.1) is 11.4 Å². The zero-order valence-corrected chi connectivity index (χ0v) is 14.9. The van der Waals surface area contributed by atoms with Gasteiger partial charge in [0.15, 0.2) is 0 Å². The number of aromatic nitrogens is 4. The van der Waals surface area contributed by atoms with E-state index in [-0.39, 0.29) is 11.0 Å². The predicted octanol–water partition coefficient (Wildman–Crippen LogP) is 3.48. The van der Waals surface area contributed by atoms with Crippen molar-refractivity contribution < 1.29 is 13.2 Å². The van der Waals surface area contributed by atoms with Crippen LogP contribution in [0.5, 0.6) is 0 Å². The Balaban J connectivity index is 2.17. The Bertz CT molecular complexity index is 772. The first kappa shape index (κ1) is 19.3. The first-order chi connectivity index (χ1) is 11.5. The summed E-state index contributed by atoms with van der Waals surface area (Å²) in [5, 5.41) is 3.93. The maximum Gasteiger partial charge on any atom is 0.421 e. The number of hydrogen-bond donors (Lipinski definition) is 2. The largest absolute Gasteiger partial charge is 0.421 e. The standard InChI is InChI=1S/C15H20ClF3N6/c1-7(5-4-6-9-8(2)24-25(3)13(9)21)11-10(15(17,18)19)12(20)23-14(16)22-11/h7H,4-6,21H2,1-3H3,(H2,20,22,23). The van der Waals surface area contributed by atoms with E-state index in [1.807, 2.05) is 6.92 Å². The highest BCUT2D eigenvalue weighted by Gasteiger charge is 2.39. The Morgan fingerprint density at radius 3 is 2.40 bits per heavy atom. The van der Waals surface area contributed by atoms with Crippen molar-refractivity contribution in [2.75, 3.05) is 11.5 Å². The van der Waals surface area contributed by atoms with Gasteiger partial charge in [0, 0.05) is 12.6 Å².